The van der Waals surface area contributed by atoms with E-state index in [0.29, 0.717) is 11.3 Å². The summed E-state index contributed by atoms with van der Waals surface area (Å²) < 4.78 is 0. The molecule has 26 heavy (non-hydrogen) atoms. The molecule has 3 rings (SSSR count). The van der Waals surface area contributed by atoms with Gasteiger partial charge in [0.15, 0.2) is 0 Å². The van der Waals surface area contributed by atoms with Crippen molar-refractivity contribution in [2.75, 3.05) is 5.32 Å². The van der Waals surface area contributed by atoms with Gasteiger partial charge in [-0.15, -0.1) is 0 Å². The Balaban J connectivity index is 2.16. The van der Waals surface area contributed by atoms with Crippen LogP contribution in [0.4, 0.5) is 5.69 Å². The SMILES string of the molecule is Cc1ccc(C2=C(Nc3ccccc3C)C(=O)N(C(C)C)C2=O)cc1C. The Hall–Kier alpha value is -2.88. The summed E-state index contributed by atoms with van der Waals surface area (Å²) in [5, 5.41) is 3.22. The molecule has 1 aliphatic rings. The number of carbonyl (C=O) groups is 2. The zero-order valence-corrected chi connectivity index (χ0v) is 15.9. The summed E-state index contributed by atoms with van der Waals surface area (Å²) in [4.78, 5) is 27.4. The number of nitrogens with one attached hydrogen (secondary N) is 1. The van der Waals surface area contributed by atoms with Crippen LogP contribution in [0.1, 0.15) is 36.1 Å². The van der Waals surface area contributed by atoms with Crippen LogP contribution in [-0.2, 0) is 9.59 Å². The Morgan fingerprint density at radius 1 is 0.846 bits per heavy atom. The van der Waals surface area contributed by atoms with Gasteiger partial charge >= 0.3 is 0 Å². The van der Waals surface area contributed by atoms with Crippen molar-refractivity contribution in [3.8, 4) is 0 Å². The lowest BCUT2D eigenvalue weighted by Gasteiger charge is -2.19. The molecule has 0 unspecified atom stereocenters. The smallest absolute Gasteiger partial charge is 0.278 e. The van der Waals surface area contributed by atoms with Gasteiger partial charge in [0.2, 0.25) is 0 Å². The predicted molar refractivity (Wildman–Crippen MR) is 105 cm³/mol. The molecule has 2 aromatic rings. The molecule has 0 radical (unpaired) electrons. The first-order valence-corrected chi connectivity index (χ1v) is 8.83. The standard InChI is InChI=1S/C22H24N2O2/c1-13(2)24-21(25)19(17-11-10-14(3)16(5)12-17)20(22(24)26)23-18-9-7-6-8-15(18)4/h6-13,23H,1-5H3. The molecule has 1 aliphatic heterocycles. The average molecular weight is 348 g/mol. The Kier molecular flexibility index (Phi) is 4.68. The van der Waals surface area contributed by atoms with Gasteiger partial charge in [0.05, 0.1) is 5.57 Å². The number of aryl methyl sites for hydroxylation is 3. The second kappa shape index (κ2) is 6.79. The normalized spacial score (nSPS) is 14.6. The molecule has 0 spiro atoms. The summed E-state index contributed by atoms with van der Waals surface area (Å²) in [5.74, 6) is -0.522. The Labute approximate surface area is 154 Å². The molecule has 0 bridgehead atoms. The van der Waals surface area contributed by atoms with Crippen molar-refractivity contribution in [3.63, 3.8) is 0 Å². The molecule has 0 atom stereocenters. The minimum absolute atomic E-state index is 0.201. The van der Waals surface area contributed by atoms with Crippen molar-refractivity contribution < 1.29 is 9.59 Å². The third-order valence-corrected chi connectivity index (χ3v) is 4.83. The first-order chi connectivity index (χ1) is 12.3. The Morgan fingerprint density at radius 2 is 1.54 bits per heavy atom. The fraction of sp³-hybridized carbons (Fsp3) is 0.273. The van der Waals surface area contributed by atoms with Crippen LogP contribution in [0.2, 0.25) is 0 Å². The van der Waals surface area contributed by atoms with E-state index in [1.807, 2.05) is 77.1 Å². The fourth-order valence-electron chi connectivity index (χ4n) is 3.14. The van der Waals surface area contributed by atoms with Gasteiger partial charge in [-0.1, -0.05) is 36.4 Å². The molecule has 4 heteroatoms. The summed E-state index contributed by atoms with van der Waals surface area (Å²) >= 11 is 0. The van der Waals surface area contributed by atoms with E-state index in [0.717, 1.165) is 27.9 Å². The summed E-state index contributed by atoms with van der Waals surface area (Å²) in [6.07, 6.45) is 0. The van der Waals surface area contributed by atoms with Gasteiger partial charge in [-0.2, -0.15) is 0 Å². The molecule has 2 aromatic carbocycles. The summed E-state index contributed by atoms with van der Waals surface area (Å²) in [5.41, 5.74) is 5.65. The molecule has 1 heterocycles. The molecule has 0 aliphatic carbocycles. The minimum Gasteiger partial charge on any atom is -0.350 e. The summed E-state index contributed by atoms with van der Waals surface area (Å²) in [7, 11) is 0. The van der Waals surface area contributed by atoms with Crippen molar-refractivity contribution in [2.45, 2.75) is 40.7 Å². The van der Waals surface area contributed by atoms with Crippen molar-refractivity contribution >= 4 is 23.1 Å². The van der Waals surface area contributed by atoms with Gasteiger partial charge in [-0.25, -0.2) is 0 Å². The van der Waals surface area contributed by atoms with Crippen LogP contribution in [0.3, 0.4) is 0 Å². The number of amides is 2. The fourth-order valence-corrected chi connectivity index (χ4v) is 3.14. The number of benzene rings is 2. The number of imide groups is 1. The van der Waals surface area contributed by atoms with Crippen molar-refractivity contribution in [1.29, 1.82) is 0 Å². The van der Waals surface area contributed by atoms with Crippen molar-refractivity contribution in [1.82, 2.24) is 4.90 Å². The van der Waals surface area contributed by atoms with Crippen LogP contribution in [0.5, 0.6) is 0 Å². The van der Waals surface area contributed by atoms with E-state index in [9.17, 15) is 9.59 Å². The molecule has 0 saturated carbocycles. The number of hydrogen-bond acceptors (Lipinski definition) is 3. The third-order valence-electron chi connectivity index (χ3n) is 4.83. The van der Waals surface area contributed by atoms with Gasteiger partial charge in [-0.3, -0.25) is 14.5 Å². The third kappa shape index (κ3) is 3.03. The highest BCUT2D eigenvalue weighted by molar-refractivity contribution is 6.36. The van der Waals surface area contributed by atoms with Gasteiger partial charge in [0.25, 0.3) is 11.8 Å². The van der Waals surface area contributed by atoms with Crippen LogP contribution in [-0.4, -0.2) is 22.8 Å². The highest BCUT2D eigenvalue weighted by Gasteiger charge is 2.40. The highest BCUT2D eigenvalue weighted by atomic mass is 16.2. The summed E-state index contributed by atoms with van der Waals surface area (Å²) in [6, 6.07) is 13.4. The number of anilines is 1. The highest BCUT2D eigenvalue weighted by Crippen LogP contribution is 2.33. The van der Waals surface area contributed by atoms with Crippen LogP contribution in [0.25, 0.3) is 5.57 Å². The molecular weight excluding hydrogens is 324 g/mol. The second-order valence-corrected chi connectivity index (χ2v) is 7.06. The van der Waals surface area contributed by atoms with Gasteiger partial charge in [0, 0.05) is 11.7 Å². The van der Waals surface area contributed by atoms with Gasteiger partial charge < -0.3 is 5.32 Å². The zero-order valence-electron chi connectivity index (χ0n) is 15.9. The second-order valence-electron chi connectivity index (χ2n) is 7.06. The largest absolute Gasteiger partial charge is 0.350 e. The van der Waals surface area contributed by atoms with E-state index in [-0.39, 0.29) is 17.9 Å². The maximum absolute atomic E-state index is 13.0. The number of hydrogen-bond donors (Lipinski definition) is 1. The van der Waals surface area contributed by atoms with Crippen LogP contribution >= 0.6 is 0 Å². The maximum Gasteiger partial charge on any atom is 0.278 e. The number of carbonyl (C=O) groups excluding carboxylic acids is 2. The zero-order chi connectivity index (χ0) is 19.0. The Bertz CT molecular complexity index is 925. The lowest BCUT2D eigenvalue weighted by Crippen LogP contribution is -2.38. The monoisotopic (exact) mass is 348 g/mol. The van der Waals surface area contributed by atoms with E-state index in [1.165, 1.54) is 4.90 Å². The quantitative estimate of drug-likeness (QED) is 0.842. The molecular formula is C22H24N2O2. The lowest BCUT2D eigenvalue weighted by atomic mass is 9.99. The van der Waals surface area contributed by atoms with Crippen LogP contribution in [0.15, 0.2) is 48.2 Å². The lowest BCUT2D eigenvalue weighted by molar-refractivity contribution is -0.138. The first kappa shape index (κ1) is 17.9. The van der Waals surface area contributed by atoms with E-state index in [4.69, 9.17) is 0 Å². The number of nitrogens with zero attached hydrogens (tertiary/aromatic N) is 1. The molecule has 1 N–H and O–H groups in total. The van der Waals surface area contributed by atoms with Crippen molar-refractivity contribution in [3.05, 3.63) is 70.4 Å². The van der Waals surface area contributed by atoms with Gasteiger partial charge in [-0.05, 0) is 62.9 Å². The molecule has 2 amide bonds. The maximum atomic E-state index is 13.0. The number of rotatable bonds is 4. The Morgan fingerprint density at radius 3 is 2.15 bits per heavy atom. The predicted octanol–water partition coefficient (Wildman–Crippen LogP) is 4.21. The van der Waals surface area contributed by atoms with E-state index < -0.39 is 0 Å². The van der Waals surface area contributed by atoms with E-state index in [1.54, 1.807) is 0 Å². The van der Waals surface area contributed by atoms with E-state index in [2.05, 4.69) is 5.32 Å². The summed E-state index contributed by atoms with van der Waals surface area (Å²) in [6.45, 7) is 9.71. The van der Waals surface area contributed by atoms with Crippen molar-refractivity contribution in [2.24, 2.45) is 0 Å². The molecule has 0 saturated heterocycles. The van der Waals surface area contributed by atoms with Crippen LogP contribution < -0.4 is 5.32 Å². The molecule has 4 nitrogen and oxygen atoms in total. The number of para-hydroxylation sites is 1. The first-order valence-electron chi connectivity index (χ1n) is 8.83. The van der Waals surface area contributed by atoms with E-state index >= 15 is 0 Å². The van der Waals surface area contributed by atoms with Gasteiger partial charge in [0.1, 0.15) is 5.70 Å². The molecule has 0 fully saturated rings. The topological polar surface area (TPSA) is 49.4 Å². The van der Waals surface area contributed by atoms with Crippen LogP contribution in [0, 0.1) is 20.8 Å². The molecule has 134 valence electrons. The average Bonchev–Trinajstić information content (AvgIpc) is 2.83. The minimum atomic E-state index is -0.276. The molecule has 0 aromatic heterocycles.